The number of carbonyl (C=O) groups is 1. The van der Waals surface area contributed by atoms with Crippen LogP contribution in [0.5, 0.6) is 0 Å². The molecule has 2 aromatic rings. The Balaban J connectivity index is 1.47. The van der Waals surface area contributed by atoms with Crippen LogP contribution in [0.25, 0.3) is 0 Å². The van der Waals surface area contributed by atoms with Gasteiger partial charge in [0.25, 0.3) is 5.91 Å². The fourth-order valence-electron chi connectivity index (χ4n) is 6.20. The monoisotopic (exact) mass is 595 g/mol. The van der Waals surface area contributed by atoms with Crippen LogP contribution in [0.4, 0.5) is 13.2 Å². The molecule has 1 aliphatic heterocycles. The number of halogens is 3. The Morgan fingerprint density at radius 3 is 2.29 bits per heavy atom. The molecule has 7 nitrogen and oxygen atoms in total. The third kappa shape index (κ3) is 7.11. The van der Waals surface area contributed by atoms with E-state index in [2.05, 4.69) is 29.0 Å². The number of aliphatic hydroxyl groups excluding tert-OH is 1. The van der Waals surface area contributed by atoms with E-state index in [-0.39, 0.29) is 41.4 Å². The van der Waals surface area contributed by atoms with Gasteiger partial charge in [-0.25, -0.2) is 8.42 Å². The Bertz CT molecular complexity index is 1320. The first-order valence-corrected chi connectivity index (χ1v) is 16.0. The Morgan fingerprint density at radius 2 is 1.76 bits per heavy atom. The lowest BCUT2D eigenvalue weighted by atomic mass is 9.81. The summed E-state index contributed by atoms with van der Waals surface area (Å²) < 4.78 is 63.7. The smallest absolute Gasteiger partial charge is 0.391 e. The van der Waals surface area contributed by atoms with Gasteiger partial charge in [0.15, 0.2) is 9.84 Å². The summed E-state index contributed by atoms with van der Waals surface area (Å²) in [6, 6.07) is 7.20. The molecule has 1 aliphatic carbocycles. The van der Waals surface area contributed by atoms with Crippen LogP contribution < -0.4 is 5.32 Å². The molecule has 1 saturated carbocycles. The molecule has 3 atom stereocenters. The lowest BCUT2D eigenvalue weighted by Crippen LogP contribution is -2.35. The number of carbonyl (C=O) groups excluding carboxylic acids is 1. The zero-order valence-corrected chi connectivity index (χ0v) is 24.8. The standard InChI is InChI=1S/C30H40F3N3O4S/c1-5-41(39,40)25-12-8-21(9-13-25)26(19(4)37)35-29(38)22-14-23-17-36(28(18(2)3)27(23)34-15-22)16-20-6-10-24(11-7-20)30(31,32)33/h8-9,12-15,18-20,24,26,28,37H,5-7,10-11,16-17H2,1-4H3,(H,35,38)/t19-,20-,24-,26+,28-/m0/s1. The summed E-state index contributed by atoms with van der Waals surface area (Å²) in [5, 5.41) is 13.3. The first kappa shape index (κ1) is 31.4. The summed E-state index contributed by atoms with van der Waals surface area (Å²) in [6.45, 7) is 8.57. The largest absolute Gasteiger partial charge is 0.391 e. The van der Waals surface area contributed by atoms with Crippen LogP contribution >= 0.6 is 0 Å². The fraction of sp³-hybridized carbons (Fsp3) is 0.600. The second-order valence-corrected chi connectivity index (χ2v) is 14.1. The first-order valence-electron chi connectivity index (χ1n) is 14.3. The SMILES string of the molecule is CCS(=O)(=O)c1ccc([C@H](NC(=O)c2cnc3c(c2)CN(C[C@H]2CC[C@H](C(F)(F)F)CC2)[C@H]3C(C)C)[C@H](C)O)cc1. The summed E-state index contributed by atoms with van der Waals surface area (Å²) in [6.07, 6.45) is -2.09. The highest BCUT2D eigenvalue weighted by Gasteiger charge is 2.42. The highest BCUT2D eigenvalue weighted by molar-refractivity contribution is 7.91. The van der Waals surface area contributed by atoms with E-state index in [1.807, 2.05) is 6.07 Å². The third-order valence-electron chi connectivity index (χ3n) is 8.49. The maximum Gasteiger partial charge on any atom is 0.391 e. The van der Waals surface area contributed by atoms with Crippen molar-refractivity contribution in [2.24, 2.45) is 17.8 Å². The summed E-state index contributed by atoms with van der Waals surface area (Å²) in [5.41, 5.74) is 2.72. The minimum absolute atomic E-state index is 0.0191. The summed E-state index contributed by atoms with van der Waals surface area (Å²) in [4.78, 5) is 20.4. The number of nitrogens with zero attached hydrogens (tertiary/aromatic N) is 2. The van der Waals surface area contributed by atoms with Crippen molar-refractivity contribution in [2.75, 3.05) is 12.3 Å². The van der Waals surface area contributed by atoms with E-state index in [9.17, 15) is 31.5 Å². The Labute approximate surface area is 240 Å². The van der Waals surface area contributed by atoms with Gasteiger partial charge >= 0.3 is 6.18 Å². The molecule has 2 aliphatic rings. The normalized spacial score (nSPS) is 23.3. The zero-order chi connectivity index (χ0) is 30.1. The zero-order valence-electron chi connectivity index (χ0n) is 24.0. The van der Waals surface area contributed by atoms with Gasteiger partial charge < -0.3 is 10.4 Å². The maximum atomic E-state index is 13.3. The number of hydrogen-bond donors (Lipinski definition) is 2. The van der Waals surface area contributed by atoms with E-state index in [0.717, 1.165) is 11.3 Å². The molecule has 0 spiro atoms. The number of benzene rings is 1. The van der Waals surface area contributed by atoms with Crippen molar-refractivity contribution in [3.05, 3.63) is 58.9 Å². The van der Waals surface area contributed by atoms with Gasteiger partial charge in [0.05, 0.1) is 46.0 Å². The molecule has 11 heteroatoms. The van der Waals surface area contributed by atoms with Gasteiger partial charge in [-0.1, -0.05) is 32.9 Å². The average Bonchev–Trinajstić information content (AvgIpc) is 3.28. The number of amides is 1. The van der Waals surface area contributed by atoms with Crippen molar-refractivity contribution >= 4 is 15.7 Å². The van der Waals surface area contributed by atoms with Crippen molar-refractivity contribution in [1.29, 1.82) is 0 Å². The predicted octanol–water partition coefficient (Wildman–Crippen LogP) is 5.61. The number of sulfone groups is 1. The molecule has 1 fully saturated rings. The Morgan fingerprint density at radius 1 is 1.12 bits per heavy atom. The average molecular weight is 596 g/mol. The molecule has 0 bridgehead atoms. The van der Waals surface area contributed by atoms with Crippen LogP contribution in [0.3, 0.4) is 0 Å². The van der Waals surface area contributed by atoms with E-state index in [1.165, 1.54) is 18.3 Å². The maximum absolute atomic E-state index is 13.3. The van der Waals surface area contributed by atoms with E-state index in [1.54, 1.807) is 26.0 Å². The second kappa shape index (κ2) is 12.4. The molecular formula is C30H40F3N3O4S. The van der Waals surface area contributed by atoms with Gasteiger partial charge in [-0.15, -0.1) is 0 Å². The highest BCUT2D eigenvalue weighted by atomic mass is 32.2. The number of alkyl halides is 3. The van der Waals surface area contributed by atoms with Gasteiger partial charge in [0.1, 0.15) is 0 Å². The van der Waals surface area contributed by atoms with E-state index in [4.69, 9.17) is 0 Å². The van der Waals surface area contributed by atoms with Crippen molar-refractivity contribution in [1.82, 2.24) is 15.2 Å². The lowest BCUT2D eigenvalue weighted by molar-refractivity contribution is -0.184. The molecular weight excluding hydrogens is 555 g/mol. The van der Waals surface area contributed by atoms with Crippen LogP contribution in [0.15, 0.2) is 41.4 Å². The van der Waals surface area contributed by atoms with Crippen LogP contribution in [-0.4, -0.2) is 53.9 Å². The van der Waals surface area contributed by atoms with Crippen molar-refractivity contribution in [3.8, 4) is 0 Å². The number of rotatable bonds is 9. The van der Waals surface area contributed by atoms with Crippen LogP contribution in [0.1, 0.15) is 92.6 Å². The molecule has 1 aromatic carbocycles. The van der Waals surface area contributed by atoms with Crippen molar-refractivity contribution in [2.45, 2.75) is 89.2 Å². The molecule has 0 saturated heterocycles. The summed E-state index contributed by atoms with van der Waals surface area (Å²) >= 11 is 0. The van der Waals surface area contributed by atoms with Crippen molar-refractivity contribution < 1.29 is 31.5 Å². The summed E-state index contributed by atoms with van der Waals surface area (Å²) in [5.74, 6) is -1.22. The first-order chi connectivity index (χ1) is 19.2. The van der Waals surface area contributed by atoms with E-state index in [0.29, 0.717) is 37.1 Å². The number of nitrogens with one attached hydrogen (secondary N) is 1. The highest BCUT2D eigenvalue weighted by Crippen LogP contribution is 2.43. The van der Waals surface area contributed by atoms with E-state index < -0.39 is 40.0 Å². The third-order valence-corrected chi connectivity index (χ3v) is 10.2. The molecule has 41 heavy (non-hydrogen) atoms. The fourth-order valence-corrected chi connectivity index (χ4v) is 7.09. The molecule has 1 amide bonds. The summed E-state index contributed by atoms with van der Waals surface area (Å²) in [7, 11) is -3.37. The van der Waals surface area contributed by atoms with Gasteiger partial charge in [-0.05, 0) is 73.8 Å². The molecule has 2 N–H and O–H groups in total. The molecule has 2 heterocycles. The van der Waals surface area contributed by atoms with Gasteiger partial charge in [0.2, 0.25) is 0 Å². The molecule has 0 radical (unpaired) electrons. The molecule has 0 unspecified atom stereocenters. The van der Waals surface area contributed by atoms with Crippen molar-refractivity contribution in [3.63, 3.8) is 0 Å². The van der Waals surface area contributed by atoms with Gasteiger partial charge in [-0.3, -0.25) is 14.7 Å². The minimum atomic E-state index is -4.12. The van der Waals surface area contributed by atoms with Gasteiger partial charge in [-0.2, -0.15) is 13.2 Å². The topological polar surface area (TPSA) is 99.6 Å². The predicted molar refractivity (Wildman–Crippen MR) is 150 cm³/mol. The molecule has 4 rings (SSSR count). The lowest BCUT2D eigenvalue weighted by Gasteiger charge is -2.35. The minimum Gasteiger partial charge on any atom is -0.391 e. The molecule has 1 aromatic heterocycles. The number of pyridine rings is 1. The van der Waals surface area contributed by atoms with E-state index >= 15 is 0 Å². The van der Waals surface area contributed by atoms with Gasteiger partial charge in [0, 0.05) is 19.3 Å². The number of hydrogen-bond acceptors (Lipinski definition) is 6. The number of aliphatic hydroxyl groups is 1. The van der Waals surface area contributed by atoms with Crippen LogP contribution in [0, 0.1) is 17.8 Å². The quantitative estimate of drug-likeness (QED) is 0.391. The Hall–Kier alpha value is -2.50. The van der Waals surface area contributed by atoms with Crippen LogP contribution in [0.2, 0.25) is 0 Å². The van der Waals surface area contributed by atoms with Crippen LogP contribution in [-0.2, 0) is 16.4 Å². The Kier molecular flexibility index (Phi) is 9.50. The second-order valence-electron chi connectivity index (χ2n) is 11.8. The number of aromatic nitrogens is 1. The number of fused-ring (bicyclic) bond motifs is 1. The molecule has 226 valence electrons.